The summed E-state index contributed by atoms with van der Waals surface area (Å²) in [4.78, 5) is 29.7. The summed E-state index contributed by atoms with van der Waals surface area (Å²) in [5, 5.41) is 15.2. The number of rotatable bonds is 11. The van der Waals surface area contributed by atoms with Crippen LogP contribution < -0.4 is 15.4 Å². The minimum absolute atomic E-state index is 0.0451. The first kappa shape index (κ1) is 31.0. The van der Waals surface area contributed by atoms with E-state index in [0.29, 0.717) is 36.1 Å². The number of fused-ring (bicyclic) bond motifs is 3. The molecule has 0 bridgehead atoms. The van der Waals surface area contributed by atoms with Crippen molar-refractivity contribution in [1.82, 2.24) is 25.4 Å². The standard InChI is InChI=1S/C31H39ClN6O4/c1-20-36-37-29-25(14-16-27(39)33-17-7-6-8-18-34-30(40)42-31(2,3)4)35-28(21-9-11-22(32)12-10-21)24-19-23(41-5)13-15-26(24)38(20)29/h9-13,15,19,25H,6-8,14,16-18H2,1-5H3,(H,33,39)(H,34,40). The minimum atomic E-state index is -0.514. The number of unbranched alkanes of at least 4 members (excludes halogenated alkanes) is 2. The van der Waals surface area contributed by atoms with Crippen LogP contribution in [0.4, 0.5) is 4.79 Å². The highest BCUT2D eigenvalue weighted by atomic mass is 35.5. The van der Waals surface area contributed by atoms with Crippen molar-refractivity contribution in [2.75, 3.05) is 20.2 Å². The second-order valence-electron chi connectivity index (χ2n) is 11.2. The molecule has 1 unspecified atom stereocenters. The average Bonchev–Trinajstić information content (AvgIpc) is 3.26. The molecular formula is C31H39ClN6O4. The van der Waals surface area contributed by atoms with E-state index in [1.165, 1.54) is 0 Å². The molecule has 4 rings (SSSR count). The molecule has 0 fully saturated rings. The number of hydrogen-bond donors (Lipinski definition) is 2. The van der Waals surface area contributed by atoms with Crippen LogP contribution >= 0.6 is 11.6 Å². The van der Waals surface area contributed by atoms with Crippen molar-refractivity contribution in [3.63, 3.8) is 0 Å². The molecule has 1 aromatic heterocycles. The summed E-state index contributed by atoms with van der Waals surface area (Å²) in [5.74, 6) is 2.09. The van der Waals surface area contributed by atoms with Gasteiger partial charge in [0.05, 0.1) is 18.5 Å². The van der Waals surface area contributed by atoms with Gasteiger partial charge in [-0.15, -0.1) is 10.2 Å². The number of hydrogen-bond acceptors (Lipinski definition) is 7. The Morgan fingerprint density at radius 1 is 1.00 bits per heavy atom. The van der Waals surface area contributed by atoms with Gasteiger partial charge in [0.25, 0.3) is 0 Å². The molecule has 0 radical (unpaired) electrons. The predicted molar refractivity (Wildman–Crippen MR) is 163 cm³/mol. The normalized spacial score (nSPS) is 14.2. The summed E-state index contributed by atoms with van der Waals surface area (Å²) in [6, 6.07) is 13.0. The van der Waals surface area contributed by atoms with Crippen molar-refractivity contribution < 1.29 is 19.1 Å². The van der Waals surface area contributed by atoms with Crippen LogP contribution in [-0.2, 0) is 9.53 Å². The number of amides is 2. The topological polar surface area (TPSA) is 120 Å². The maximum atomic E-state index is 12.8. The Morgan fingerprint density at radius 2 is 1.71 bits per heavy atom. The van der Waals surface area contributed by atoms with Gasteiger partial charge < -0.3 is 20.1 Å². The van der Waals surface area contributed by atoms with Crippen LogP contribution in [-0.4, -0.2) is 58.3 Å². The summed E-state index contributed by atoms with van der Waals surface area (Å²) in [6.07, 6.45) is 2.83. The molecule has 0 saturated carbocycles. The Morgan fingerprint density at radius 3 is 2.40 bits per heavy atom. The quantitative estimate of drug-likeness (QED) is 0.274. The monoisotopic (exact) mass is 594 g/mol. The molecule has 10 nitrogen and oxygen atoms in total. The van der Waals surface area contributed by atoms with Crippen molar-refractivity contribution in [1.29, 1.82) is 0 Å². The lowest BCUT2D eigenvalue weighted by atomic mass is 10.00. The third-order valence-electron chi connectivity index (χ3n) is 6.74. The molecule has 42 heavy (non-hydrogen) atoms. The van der Waals surface area contributed by atoms with Crippen LogP contribution in [0.25, 0.3) is 5.69 Å². The van der Waals surface area contributed by atoms with Crippen LogP contribution in [0, 0.1) is 6.92 Å². The Bertz CT molecular complexity index is 1430. The number of carbonyl (C=O) groups excluding carboxylic acids is 2. The van der Waals surface area contributed by atoms with Crippen molar-refractivity contribution in [3.8, 4) is 11.4 Å². The number of aryl methyl sites for hydroxylation is 1. The molecule has 1 aliphatic rings. The van der Waals surface area contributed by atoms with E-state index in [-0.39, 0.29) is 18.4 Å². The van der Waals surface area contributed by atoms with Gasteiger partial charge in [-0.2, -0.15) is 0 Å². The van der Waals surface area contributed by atoms with Crippen LogP contribution in [0.5, 0.6) is 5.75 Å². The zero-order valence-corrected chi connectivity index (χ0v) is 25.6. The molecule has 2 amide bonds. The van der Waals surface area contributed by atoms with Crippen LogP contribution in [0.15, 0.2) is 47.5 Å². The van der Waals surface area contributed by atoms with E-state index >= 15 is 0 Å². The lowest BCUT2D eigenvalue weighted by Crippen LogP contribution is -2.33. The van der Waals surface area contributed by atoms with Gasteiger partial charge >= 0.3 is 6.09 Å². The molecule has 2 heterocycles. The predicted octanol–water partition coefficient (Wildman–Crippen LogP) is 5.72. The fourth-order valence-electron chi connectivity index (χ4n) is 4.75. The van der Waals surface area contributed by atoms with Crippen molar-refractivity contribution in [3.05, 3.63) is 70.3 Å². The SMILES string of the molecule is COc1ccc2c(c1)C(c1ccc(Cl)cc1)=NC(CCC(=O)NCCCCCNC(=O)OC(C)(C)C)c1nnc(C)n1-2. The smallest absolute Gasteiger partial charge is 0.407 e. The van der Waals surface area contributed by atoms with E-state index in [2.05, 4.69) is 20.8 Å². The molecule has 224 valence electrons. The van der Waals surface area contributed by atoms with E-state index < -0.39 is 11.7 Å². The molecular weight excluding hydrogens is 556 g/mol. The van der Waals surface area contributed by atoms with E-state index in [0.717, 1.165) is 47.6 Å². The first-order valence-corrected chi connectivity index (χ1v) is 14.6. The Labute approximate surface area is 251 Å². The summed E-state index contributed by atoms with van der Waals surface area (Å²) in [5.41, 5.74) is 2.95. The number of aromatic nitrogens is 3. The molecule has 1 atom stereocenters. The van der Waals surface area contributed by atoms with Gasteiger partial charge in [-0.1, -0.05) is 23.7 Å². The number of aliphatic imine (C=N–C) groups is 1. The fourth-order valence-corrected chi connectivity index (χ4v) is 4.87. The lowest BCUT2D eigenvalue weighted by molar-refractivity contribution is -0.121. The molecule has 2 N–H and O–H groups in total. The summed E-state index contributed by atoms with van der Waals surface area (Å²) in [7, 11) is 1.63. The second kappa shape index (κ2) is 13.8. The van der Waals surface area contributed by atoms with E-state index in [1.54, 1.807) is 7.11 Å². The van der Waals surface area contributed by atoms with Gasteiger partial charge in [0.15, 0.2) is 5.82 Å². The molecule has 0 saturated heterocycles. The van der Waals surface area contributed by atoms with E-state index in [9.17, 15) is 9.59 Å². The molecule has 11 heteroatoms. The number of nitrogens with one attached hydrogen (secondary N) is 2. The summed E-state index contributed by atoms with van der Waals surface area (Å²) < 4.78 is 12.8. The minimum Gasteiger partial charge on any atom is -0.497 e. The summed E-state index contributed by atoms with van der Waals surface area (Å²) in [6.45, 7) is 8.50. The maximum absolute atomic E-state index is 12.8. The van der Waals surface area contributed by atoms with Crippen molar-refractivity contribution in [2.45, 2.75) is 71.4 Å². The Kier molecular flexibility index (Phi) is 10.2. The van der Waals surface area contributed by atoms with Gasteiger partial charge in [0.2, 0.25) is 5.91 Å². The largest absolute Gasteiger partial charge is 0.497 e. The van der Waals surface area contributed by atoms with Crippen LogP contribution in [0.3, 0.4) is 0 Å². The molecule has 1 aliphatic heterocycles. The highest BCUT2D eigenvalue weighted by Gasteiger charge is 2.29. The number of benzene rings is 2. The number of ether oxygens (including phenoxy) is 2. The van der Waals surface area contributed by atoms with Crippen LogP contribution in [0.2, 0.25) is 5.02 Å². The number of methoxy groups -OCH3 is 1. The maximum Gasteiger partial charge on any atom is 0.407 e. The third-order valence-corrected chi connectivity index (χ3v) is 6.99. The van der Waals surface area contributed by atoms with Gasteiger partial charge in [0.1, 0.15) is 23.2 Å². The number of carbonyl (C=O) groups is 2. The molecule has 2 aromatic carbocycles. The van der Waals surface area contributed by atoms with Gasteiger partial charge in [-0.25, -0.2) is 4.79 Å². The Balaban J connectivity index is 1.40. The zero-order valence-electron chi connectivity index (χ0n) is 24.9. The van der Waals surface area contributed by atoms with Gasteiger partial charge in [-0.05, 0) is 83.7 Å². The first-order valence-electron chi connectivity index (χ1n) is 14.2. The first-order chi connectivity index (χ1) is 20.1. The van der Waals surface area contributed by atoms with E-state index in [4.69, 9.17) is 26.1 Å². The average molecular weight is 595 g/mol. The number of halogens is 1. The zero-order chi connectivity index (χ0) is 30.3. The number of alkyl carbamates (subject to hydrolysis) is 1. The highest BCUT2D eigenvalue weighted by Crippen LogP contribution is 2.35. The fraction of sp³-hybridized carbons (Fsp3) is 0.452. The molecule has 0 aliphatic carbocycles. The Hall–Kier alpha value is -3.92. The van der Waals surface area contributed by atoms with Crippen molar-refractivity contribution >= 4 is 29.3 Å². The van der Waals surface area contributed by atoms with Gasteiger partial charge in [-0.3, -0.25) is 14.4 Å². The third kappa shape index (κ3) is 8.09. The number of nitrogens with zero attached hydrogens (tertiary/aromatic N) is 4. The lowest BCUT2D eigenvalue weighted by Gasteiger charge is -2.19. The molecule has 0 spiro atoms. The molecule has 3 aromatic rings. The van der Waals surface area contributed by atoms with Gasteiger partial charge in [0, 0.05) is 35.7 Å². The second-order valence-corrected chi connectivity index (χ2v) is 11.6. The van der Waals surface area contributed by atoms with Crippen LogP contribution in [0.1, 0.15) is 81.7 Å². The van der Waals surface area contributed by atoms with E-state index in [1.807, 2.05) is 74.7 Å². The summed E-state index contributed by atoms with van der Waals surface area (Å²) >= 11 is 6.18. The highest BCUT2D eigenvalue weighted by molar-refractivity contribution is 6.30. The van der Waals surface area contributed by atoms with Crippen molar-refractivity contribution in [2.24, 2.45) is 4.99 Å².